The predicted molar refractivity (Wildman–Crippen MR) is 97.4 cm³/mol. The van der Waals surface area contributed by atoms with Gasteiger partial charge in [0.2, 0.25) is 0 Å². The number of nitrogens with zero attached hydrogens (tertiary/aromatic N) is 1. The van der Waals surface area contributed by atoms with Gasteiger partial charge in [0.05, 0.1) is 19.2 Å². The second-order valence-corrected chi connectivity index (χ2v) is 6.15. The zero-order valence-electron chi connectivity index (χ0n) is 13.4. The van der Waals surface area contributed by atoms with E-state index in [-0.39, 0.29) is 0 Å². The van der Waals surface area contributed by atoms with E-state index in [2.05, 4.69) is 6.07 Å². The fourth-order valence-corrected chi connectivity index (χ4v) is 3.60. The molecule has 0 amide bonds. The molecule has 4 nitrogen and oxygen atoms in total. The number of ether oxygens (including phenoxy) is 2. The monoisotopic (exact) mass is 336 g/mol. The normalized spacial score (nSPS) is 10.2. The van der Waals surface area contributed by atoms with Gasteiger partial charge in [-0.1, -0.05) is 36.4 Å². The lowest BCUT2D eigenvalue weighted by atomic mass is 9.96. The Morgan fingerprint density at radius 3 is 2.25 bits per heavy atom. The molecule has 120 valence electrons. The smallest absolute Gasteiger partial charge is 0.161 e. The summed E-state index contributed by atoms with van der Waals surface area (Å²) in [6, 6.07) is 17.7. The van der Waals surface area contributed by atoms with Crippen LogP contribution in [-0.2, 0) is 0 Å². The van der Waals surface area contributed by atoms with Crippen molar-refractivity contribution in [2.45, 2.75) is 0 Å². The van der Waals surface area contributed by atoms with Gasteiger partial charge in [-0.3, -0.25) is 0 Å². The average molecular weight is 336 g/mol. The maximum absolute atomic E-state index is 9.54. The number of anilines is 1. The van der Waals surface area contributed by atoms with Crippen LogP contribution >= 0.6 is 11.3 Å². The molecule has 0 unspecified atom stereocenters. The van der Waals surface area contributed by atoms with Gasteiger partial charge in [0.1, 0.15) is 10.9 Å². The van der Waals surface area contributed by atoms with Crippen molar-refractivity contribution in [2.24, 2.45) is 0 Å². The molecule has 0 aliphatic rings. The zero-order chi connectivity index (χ0) is 17.1. The van der Waals surface area contributed by atoms with Crippen LogP contribution in [0.15, 0.2) is 48.5 Å². The summed E-state index contributed by atoms with van der Waals surface area (Å²) >= 11 is 1.30. The molecule has 0 atom stereocenters. The summed E-state index contributed by atoms with van der Waals surface area (Å²) in [5, 5.41) is 10.2. The second kappa shape index (κ2) is 6.65. The minimum atomic E-state index is 0.582. The highest BCUT2D eigenvalue weighted by Crippen LogP contribution is 2.46. The SMILES string of the molecule is COc1ccc(-c2c(C#N)sc(N)c2-c2ccccc2)cc1OC. The number of thiophene rings is 1. The van der Waals surface area contributed by atoms with Crippen molar-refractivity contribution in [1.29, 1.82) is 5.26 Å². The van der Waals surface area contributed by atoms with Crippen LogP contribution in [0.3, 0.4) is 0 Å². The quantitative estimate of drug-likeness (QED) is 0.759. The first-order valence-corrected chi connectivity index (χ1v) is 8.11. The zero-order valence-corrected chi connectivity index (χ0v) is 14.2. The predicted octanol–water partition coefficient (Wildman–Crippen LogP) is 4.55. The number of nitrogen functional groups attached to an aromatic ring is 1. The lowest BCUT2D eigenvalue weighted by Gasteiger charge is -2.11. The number of methoxy groups -OCH3 is 2. The topological polar surface area (TPSA) is 68.3 Å². The van der Waals surface area contributed by atoms with Crippen molar-refractivity contribution in [1.82, 2.24) is 0 Å². The molecule has 1 aromatic heterocycles. The van der Waals surface area contributed by atoms with Crippen LogP contribution in [0.25, 0.3) is 22.3 Å². The van der Waals surface area contributed by atoms with Crippen molar-refractivity contribution < 1.29 is 9.47 Å². The average Bonchev–Trinajstić information content (AvgIpc) is 2.98. The maximum Gasteiger partial charge on any atom is 0.161 e. The lowest BCUT2D eigenvalue weighted by Crippen LogP contribution is -1.92. The maximum atomic E-state index is 9.54. The first-order chi connectivity index (χ1) is 11.7. The van der Waals surface area contributed by atoms with Crippen molar-refractivity contribution in [3.8, 4) is 39.8 Å². The molecule has 24 heavy (non-hydrogen) atoms. The summed E-state index contributed by atoms with van der Waals surface area (Å²) in [5.74, 6) is 1.26. The molecule has 0 aliphatic heterocycles. The van der Waals surface area contributed by atoms with Crippen molar-refractivity contribution >= 4 is 16.3 Å². The summed E-state index contributed by atoms with van der Waals surface area (Å²) in [6.07, 6.45) is 0. The van der Waals surface area contributed by atoms with Gasteiger partial charge < -0.3 is 15.2 Å². The van der Waals surface area contributed by atoms with E-state index in [4.69, 9.17) is 15.2 Å². The molecule has 3 rings (SSSR count). The van der Waals surface area contributed by atoms with Crippen LogP contribution in [0, 0.1) is 11.3 Å². The van der Waals surface area contributed by atoms with Gasteiger partial charge in [-0.25, -0.2) is 0 Å². The third-order valence-corrected chi connectivity index (χ3v) is 4.70. The Labute approximate surface area is 144 Å². The molecule has 2 N–H and O–H groups in total. The van der Waals surface area contributed by atoms with Crippen LogP contribution in [-0.4, -0.2) is 14.2 Å². The number of rotatable bonds is 4. The minimum absolute atomic E-state index is 0.582. The van der Waals surface area contributed by atoms with E-state index in [0.29, 0.717) is 21.4 Å². The number of benzene rings is 2. The van der Waals surface area contributed by atoms with Gasteiger partial charge in [0.25, 0.3) is 0 Å². The van der Waals surface area contributed by atoms with E-state index >= 15 is 0 Å². The molecule has 1 heterocycles. The summed E-state index contributed by atoms with van der Waals surface area (Å²) < 4.78 is 10.7. The van der Waals surface area contributed by atoms with E-state index in [1.807, 2.05) is 48.5 Å². The lowest BCUT2D eigenvalue weighted by molar-refractivity contribution is 0.355. The van der Waals surface area contributed by atoms with E-state index in [1.165, 1.54) is 11.3 Å². The number of hydrogen-bond donors (Lipinski definition) is 1. The summed E-state index contributed by atoms with van der Waals surface area (Å²) in [7, 11) is 3.18. The van der Waals surface area contributed by atoms with Gasteiger partial charge in [-0.2, -0.15) is 5.26 Å². The fourth-order valence-electron chi connectivity index (χ4n) is 2.69. The van der Waals surface area contributed by atoms with Crippen LogP contribution < -0.4 is 15.2 Å². The van der Waals surface area contributed by atoms with E-state index in [1.54, 1.807) is 14.2 Å². The molecule has 0 saturated carbocycles. The van der Waals surface area contributed by atoms with Crippen LogP contribution in [0.1, 0.15) is 4.88 Å². The molecule has 0 aliphatic carbocycles. The Morgan fingerprint density at radius 2 is 1.62 bits per heavy atom. The van der Waals surface area contributed by atoms with Gasteiger partial charge in [0, 0.05) is 11.1 Å². The number of nitrogens with two attached hydrogens (primary N) is 1. The van der Waals surface area contributed by atoms with Crippen LogP contribution in [0.2, 0.25) is 0 Å². The highest BCUT2D eigenvalue weighted by Gasteiger charge is 2.20. The van der Waals surface area contributed by atoms with Crippen molar-refractivity contribution in [3.63, 3.8) is 0 Å². The molecule has 5 heteroatoms. The highest BCUT2D eigenvalue weighted by atomic mass is 32.1. The van der Waals surface area contributed by atoms with Crippen LogP contribution in [0.5, 0.6) is 11.5 Å². The molecule has 0 spiro atoms. The fraction of sp³-hybridized carbons (Fsp3) is 0.105. The van der Waals surface area contributed by atoms with Gasteiger partial charge >= 0.3 is 0 Å². The molecule has 2 aromatic carbocycles. The first kappa shape index (κ1) is 15.9. The van der Waals surface area contributed by atoms with Gasteiger partial charge in [-0.05, 0) is 23.3 Å². The Hall–Kier alpha value is -2.97. The highest BCUT2D eigenvalue weighted by molar-refractivity contribution is 7.17. The third kappa shape index (κ3) is 2.68. The van der Waals surface area contributed by atoms with Crippen LogP contribution in [0.4, 0.5) is 5.00 Å². The Bertz CT molecular complexity index is 911. The minimum Gasteiger partial charge on any atom is -0.493 e. The Morgan fingerprint density at radius 1 is 0.917 bits per heavy atom. The molecule has 0 radical (unpaired) electrons. The van der Waals surface area contributed by atoms with E-state index in [9.17, 15) is 5.26 Å². The second-order valence-electron chi connectivity index (χ2n) is 5.09. The Balaban J connectivity index is 2.27. The molecule has 0 saturated heterocycles. The number of hydrogen-bond acceptors (Lipinski definition) is 5. The van der Waals surface area contributed by atoms with Gasteiger partial charge in [-0.15, -0.1) is 11.3 Å². The molecule has 0 fully saturated rings. The Kier molecular flexibility index (Phi) is 4.41. The molecular weight excluding hydrogens is 320 g/mol. The summed E-state index contributed by atoms with van der Waals surface area (Å²) in [4.78, 5) is 0.582. The van der Waals surface area contributed by atoms with Gasteiger partial charge in [0.15, 0.2) is 11.5 Å². The van der Waals surface area contributed by atoms with Crippen molar-refractivity contribution in [2.75, 3.05) is 20.0 Å². The largest absolute Gasteiger partial charge is 0.493 e. The van der Waals surface area contributed by atoms with E-state index < -0.39 is 0 Å². The summed E-state index contributed by atoms with van der Waals surface area (Å²) in [6.45, 7) is 0. The first-order valence-electron chi connectivity index (χ1n) is 7.29. The molecule has 0 bridgehead atoms. The standard InChI is InChI=1S/C19H16N2O2S/c1-22-14-9-8-13(10-15(14)23-2)17-16(11-20)24-19(21)18(17)12-6-4-3-5-7-12/h3-10H,21H2,1-2H3. The summed E-state index contributed by atoms with van der Waals surface area (Å²) in [5.41, 5.74) is 9.79. The molecule has 3 aromatic rings. The number of nitriles is 1. The molecular formula is C19H16N2O2S. The van der Waals surface area contributed by atoms with E-state index in [0.717, 1.165) is 22.3 Å². The third-order valence-electron chi connectivity index (χ3n) is 3.77. The van der Waals surface area contributed by atoms with Crippen molar-refractivity contribution in [3.05, 3.63) is 53.4 Å².